The van der Waals surface area contributed by atoms with Crippen molar-refractivity contribution in [3.63, 3.8) is 0 Å². The predicted molar refractivity (Wildman–Crippen MR) is 102 cm³/mol. The maximum absolute atomic E-state index is 14.3. The van der Waals surface area contributed by atoms with Gasteiger partial charge in [0.1, 0.15) is 11.6 Å². The molecule has 1 N–H and O–H groups in total. The van der Waals surface area contributed by atoms with Gasteiger partial charge < -0.3 is 4.74 Å². The fourth-order valence-electron chi connectivity index (χ4n) is 4.32. The number of carbonyl (C=O) groups excluding carboxylic acids is 1. The minimum atomic E-state index is -3.79. The predicted octanol–water partition coefficient (Wildman–Crippen LogP) is 4.44. The molecule has 3 rings (SSSR count). The minimum absolute atomic E-state index is 0.0230. The third kappa shape index (κ3) is 5.13. The fourth-order valence-corrected chi connectivity index (χ4v) is 4.97. The molecule has 27 heavy (non-hydrogen) atoms. The van der Waals surface area contributed by atoms with Gasteiger partial charge in [0.15, 0.2) is 0 Å². The van der Waals surface area contributed by atoms with Crippen LogP contribution < -0.4 is 9.46 Å². The van der Waals surface area contributed by atoms with Gasteiger partial charge in [0, 0.05) is 6.07 Å². The van der Waals surface area contributed by atoms with Gasteiger partial charge in [-0.3, -0.25) is 4.79 Å². The number of hydrogen-bond donors (Lipinski definition) is 1. The van der Waals surface area contributed by atoms with Gasteiger partial charge in [0.25, 0.3) is 5.91 Å². The molecule has 5 nitrogen and oxygen atoms in total. The molecule has 0 aliphatic heterocycles. The number of benzene rings is 1. The van der Waals surface area contributed by atoms with Crippen LogP contribution >= 0.6 is 11.6 Å². The summed E-state index contributed by atoms with van der Waals surface area (Å²) in [5, 5.41) is 0.0907. The Kier molecular flexibility index (Phi) is 6.01. The lowest BCUT2D eigenvalue weighted by Crippen LogP contribution is -2.34. The monoisotopic (exact) mass is 417 g/mol. The number of nitrogens with one attached hydrogen (secondary N) is 1. The van der Waals surface area contributed by atoms with E-state index >= 15 is 0 Å². The number of hydrogen-bond acceptors (Lipinski definition) is 4. The molecule has 0 atom stereocenters. The first-order valence-electron chi connectivity index (χ1n) is 9.35. The van der Waals surface area contributed by atoms with Crippen LogP contribution in [0.25, 0.3) is 0 Å². The Morgan fingerprint density at radius 1 is 1.19 bits per heavy atom. The molecule has 1 aromatic rings. The first-order valence-corrected chi connectivity index (χ1v) is 11.6. The van der Waals surface area contributed by atoms with Gasteiger partial charge in [0.2, 0.25) is 10.0 Å². The molecule has 0 bridgehead atoms. The lowest BCUT2D eigenvalue weighted by Gasteiger charge is -2.42. The molecular weight excluding hydrogens is 393 g/mol. The summed E-state index contributed by atoms with van der Waals surface area (Å²) in [4.78, 5) is 11.9. The van der Waals surface area contributed by atoms with Crippen LogP contribution in [0.5, 0.6) is 5.75 Å². The zero-order valence-electron chi connectivity index (χ0n) is 15.4. The smallest absolute Gasteiger partial charge is 0.267 e. The summed E-state index contributed by atoms with van der Waals surface area (Å²) in [6.45, 7) is 0. The molecule has 0 aromatic heterocycles. The highest BCUT2D eigenvalue weighted by molar-refractivity contribution is 7.89. The van der Waals surface area contributed by atoms with Crippen LogP contribution in [-0.4, -0.2) is 26.7 Å². The summed E-state index contributed by atoms with van der Waals surface area (Å²) >= 11 is 6.16. The summed E-state index contributed by atoms with van der Waals surface area (Å²) in [5.41, 5.74) is 0.0309. The SMILES string of the molecule is CS(=O)(=O)NC(=O)c1cc(Cl)c(OC2CCC3(CCCCC3)CC2)cc1F. The van der Waals surface area contributed by atoms with E-state index in [4.69, 9.17) is 16.3 Å². The summed E-state index contributed by atoms with van der Waals surface area (Å²) in [5.74, 6) is -1.73. The average Bonchev–Trinajstić information content (AvgIpc) is 2.59. The Morgan fingerprint density at radius 3 is 2.41 bits per heavy atom. The summed E-state index contributed by atoms with van der Waals surface area (Å²) in [7, 11) is -3.79. The second kappa shape index (κ2) is 7.95. The molecule has 0 unspecified atom stereocenters. The van der Waals surface area contributed by atoms with E-state index in [2.05, 4.69) is 0 Å². The van der Waals surface area contributed by atoms with Crippen molar-refractivity contribution in [3.8, 4) is 5.75 Å². The maximum Gasteiger partial charge on any atom is 0.267 e. The number of amides is 1. The summed E-state index contributed by atoms with van der Waals surface area (Å²) < 4.78 is 44.3. The second-order valence-corrected chi connectivity index (χ2v) is 10.00. The zero-order chi connectivity index (χ0) is 19.7. The van der Waals surface area contributed by atoms with Crippen molar-refractivity contribution < 1.29 is 22.3 Å². The Balaban J connectivity index is 1.66. The Labute approximate surface area is 164 Å². The van der Waals surface area contributed by atoms with E-state index in [0.717, 1.165) is 44.1 Å². The number of sulfonamides is 1. The highest BCUT2D eigenvalue weighted by Crippen LogP contribution is 2.48. The van der Waals surface area contributed by atoms with E-state index in [1.54, 1.807) is 4.72 Å². The number of ether oxygens (including phenoxy) is 1. The van der Waals surface area contributed by atoms with Crippen molar-refractivity contribution in [2.24, 2.45) is 5.41 Å². The average molecular weight is 418 g/mol. The molecule has 0 radical (unpaired) electrons. The van der Waals surface area contributed by atoms with Crippen LogP contribution in [0.3, 0.4) is 0 Å². The minimum Gasteiger partial charge on any atom is -0.489 e. The molecule has 1 aromatic carbocycles. The van der Waals surface area contributed by atoms with E-state index in [9.17, 15) is 17.6 Å². The second-order valence-electron chi connectivity index (χ2n) is 7.84. The van der Waals surface area contributed by atoms with Crippen LogP contribution in [0.1, 0.15) is 68.1 Å². The van der Waals surface area contributed by atoms with Gasteiger partial charge in [-0.15, -0.1) is 0 Å². The zero-order valence-corrected chi connectivity index (χ0v) is 17.0. The Bertz CT molecular complexity index is 811. The van der Waals surface area contributed by atoms with Gasteiger partial charge in [-0.1, -0.05) is 30.9 Å². The van der Waals surface area contributed by atoms with E-state index in [1.807, 2.05) is 0 Å². The van der Waals surface area contributed by atoms with Crippen molar-refractivity contribution in [2.75, 3.05) is 6.26 Å². The normalized spacial score (nSPS) is 20.4. The molecule has 1 spiro atoms. The quantitative estimate of drug-likeness (QED) is 0.785. The molecule has 2 saturated carbocycles. The van der Waals surface area contributed by atoms with E-state index in [0.29, 0.717) is 5.41 Å². The first-order chi connectivity index (χ1) is 12.7. The Hall–Kier alpha value is -1.34. The molecule has 8 heteroatoms. The van der Waals surface area contributed by atoms with Gasteiger partial charge in [0.05, 0.1) is 22.9 Å². The van der Waals surface area contributed by atoms with Crippen LogP contribution in [0.4, 0.5) is 4.39 Å². The van der Waals surface area contributed by atoms with Crippen molar-refractivity contribution >= 4 is 27.5 Å². The lowest BCUT2D eigenvalue weighted by atomic mass is 9.65. The van der Waals surface area contributed by atoms with Gasteiger partial charge in [-0.25, -0.2) is 17.5 Å². The summed E-state index contributed by atoms with van der Waals surface area (Å²) in [6, 6.07) is 2.17. The topological polar surface area (TPSA) is 72.5 Å². The van der Waals surface area contributed by atoms with E-state index in [1.165, 1.54) is 32.1 Å². The van der Waals surface area contributed by atoms with E-state index in [-0.39, 0.29) is 16.9 Å². The molecule has 150 valence electrons. The van der Waals surface area contributed by atoms with Crippen LogP contribution in [0.2, 0.25) is 5.02 Å². The molecule has 2 aliphatic carbocycles. The maximum atomic E-state index is 14.3. The van der Waals surface area contributed by atoms with Crippen molar-refractivity contribution in [1.82, 2.24) is 4.72 Å². The number of carbonyl (C=O) groups is 1. The molecule has 2 aliphatic rings. The summed E-state index contributed by atoms with van der Waals surface area (Å²) in [6.07, 6.45) is 11.4. The molecule has 0 heterocycles. The largest absolute Gasteiger partial charge is 0.489 e. The third-order valence-corrected chi connectivity index (χ3v) is 6.60. The van der Waals surface area contributed by atoms with Crippen LogP contribution in [0.15, 0.2) is 12.1 Å². The standard InChI is InChI=1S/C19H25ClFNO4S/c1-27(24,25)22-18(23)14-11-15(20)17(12-16(14)21)26-13-5-9-19(10-6-13)7-3-2-4-8-19/h11-13H,2-10H2,1H3,(H,22,23). The number of rotatable bonds is 4. The number of halogens is 2. The molecular formula is C19H25ClFNO4S. The first kappa shape index (κ1) is 20.4. The molecule has 2 fully saturated rings. The van der Waals surface area contributed by atoms with Crippen molar-refractivity contribution in [2.45, 2.75) is 63.9 Å². The van der Waals surface area contributed by atoms with Crippen molar-refractivity contribution in [3.05, 3.63) is 28.5 Å². The van der Waals surface area contributed by atoms with E-state index < -0.39 is 27.3 Å². The molecule has 0 saturated heterocycles. The van der Waals surface area contributed by atoms with Gasteiger partial charge in [-0.2, -0.15) is 0 Å². The highest BCUT2D eigenvalue weighted by atomic mass is 35.5. The van der Waals surface area contributed by atoms with Gasteiger partial charge in [-0.05, 0) is 50.0 Å². The lowest BCUT2D eigenvalue weighted by molar-refractivity contribution is 0.0522. The van der Waals surface area contributed by atoms with Crippen LogP contribution in [0, 0.1) is 11.2 Å². The highest BCUT2D eigenvalue weighted by Gasteiger charge is 2.37. The van der Waals surface area contributed by atoms with Gasteiger partial charge >= 0.3 is 0 Å². The van der Waals surface area contributed by atoms with Crippen LogP contribution in [-0.2, 0) is 10.0 Å². The fraction of sp³-hybridized carbons (Fsp3) is 0.632. The van der Waals surface area contributed by atoms with Crippen molar-refractivity contribution in [1.29, 1.82) is 0 Å². The Morgan fingerprint density at radius 2 is 1.81 bits per heavy atom. The third-order valence-electron chi connectivity index (χ3n) is 5.75. The molecule has 1 amide bonds.